The van der Waals surface area contributed by atoms with E-state index in [4.69, 9.17) is 1.37 Å². The molecule has 0 radical (unpaired) electrons. The van der Waals surface area contributed by atoms with E-state index in [1.807, 2.05) is 0 Å². The number of halogens is 3. The molecule has 0 saturated heterocycles. The molecule has 0 aliphatic rings. The Kier molecular flexibility index (Phi) is 5.24. The maximum atomic E-state index is 12.0. The summed E-state index contributed by atoms with van der Waals surface area (Å²) in [6.45, 7) is -1.28. The van der Waals surface area contributed by atoms with Gasteiger partial charge in [0.1, 0.15) is 6.61 Å². The molecule has 0 spiro atoms. The Balaban J connectivity index is 2.57. The number of benzene rings is 1. The number of esters is 1. The number of hydrogen-bond donors (Lipinski definition) is 1. The average Bonchev–Trinajstić information content (AvgIpc) is 2.41. The van der Waals surface area contributed by atoms with Gasteiger partial charge >= 0.3 is 21.5 Å². The van der Waals surface area contributed by atoms with Crippen molar-refractivity contribution < 1.29 is 32.5 Å². The second-order valence-electron chi connectivity index (χ2n) is 4.34. The van der Waals surface area contributed by atoms with Gasteiger partial charge in [0.25, 0.3) is 0 Å². The molecule has 22 heavy (non-hydrogen) atoms. The minimum Gasteiger partial charge on any atom is -0.461 e. The summed E-state index contributed by atoms with van der Waals surface area (Å²) < 4.78 is 71.2. The molecule has 0 heterocycles. The van der Waals surface area contributed by atoms with E-state index in [0.717, 1.165) is 0 Å². The zero-order chi connectivity index (χ0) is 17.8. The smallest absolute Gasteiger partial charge is 0.461 e. The van der Waals surface area contributed by atoms with Crippen molar-refractivity contribution in [3.63, 3.8) is 0 Å². The zero-order valence-electron chi connectivity index (χ0n) is 12.8. The number of rotatable bonds is 6. The first-order chi connectivity index (χ1) is 10.5. The maximum Gasteiger partial charge on any atom is 0.511 e. The summed E-state index contributed by atoms with van der Waals surface area (Å²) in [5, 5.41) is 0. The molecule has 1 rings (SSSR count). The lowest BCUT2D eigenvalue weighted by Crippen LogP contribution is -2.38. The fourth-order valence-electron chi connectivity index (χ4n) is 1.31. The third-order valence-corrected chi connectivity index (χ3v) is 3.64. The molecule has 6 nitrogen and oxygen atoms in total. The van der Waals surface area contributed by atoms with Gasteiger partial charge in [0.05, 0.1) is 6.93 Å². The SMILES string of the molecule is [3H]c1cc(C(=O)OCCNS(=O)(=O)C(F)(F)F)ccc1N(C)C. The number of carbonyl (C=O) groups excluding carboxylic acids is 1. The van der Waals surface area contributed by atoms with E-state index in [1.165, 1.54) is 22.9 Å². The average molecular weight is 342 g/mol. The van der Waals surface area contributed by atoms with Crippen LogP contribution in [0.3, 0.4) is 0 Å². The predicted octanol–water partition coefficient (Wildman–Crippen LogP) is 1.35. The second-order valence-corrected chi connectivity index (χ2v) is 6.09. The van der Waals surface area contributed by atoms with Gasteiger partial charge in [-0.1, -0.05) is 0 Å². The summed E-state index contributed by atoms with van der Waals surface area (Å²) in [6, 6.07) is 4.24. The third-order valence-electron chi connectivity index (χ3n) is 2.45. The van der Waals surface area contributed by atoms with Crippen LogP contribution < -0.4 is 9.62 Å². The number of alkyl halides is 3. The highest BCUT2D eigenvalue weighted by Gasteiger charge is 2.45. The standard InChI is InChI=1S/C12H15F3N2O4S/c1-17(2)10-5-3-9(4-6-10)11(18)21-8-7-16-22(19,20)12(13,14)15/h3-6,16H,7-8H2,1-2H3/i5T. The van der Waals surface area contributed by atoms with Crippen LogP contribution in [0, 0.1) is 0 Å². The Bertz CT molecular complexity index is 677. The van der Waals surface area contributed by atoms with Gasteiger partial charge in [0.15, 0.2) is 0 Å². The normalized spacial score (nSPS) is 12.7. The van der Waals surface area contributed by atoms with Crippen LogP contribution in [0.15, 0.2) is 24.2 Å². The molecule has 1 aromatic carbocycles. The summed E-state index contributed by atoms with van der Waals surface area (Å²) >= 11 is 0. The molecule has 0 aromatic heterocycles. The van der Waals surface area contributed by atoms with Crippen LogP contribution in [0.5, 0.6) is 0 Å². The van der Waals surface area contributed by atoms with Crippen molar-refractivity contribution in [2.24, 2.45) is 0 Å². The van der Waals surface area contributed by atoms with Gasteiger partial charge < -0.3 is 9.64 Å². The van der Waals surface area contributed by atoms with Crippen molar-refractivity contribution in [1.82, 2.24) is 4.72 Å². The molecule has 1 aromatic rings. The van der Waals surface area contributed by atoms with Gasteiger partial charge in [-0.25, -0.2) is 17.9 Å². The number of nitrogens with one attached hydrogen (secondary N) is 1. The molecule has 0 amide bonds. The molecule has 0 saturated carbocycles. The van der Waals surface area contributed by atoms with Gasteiger partial charge in [0, 0.05) is 26.3 Å². The van der Waals surface area contributed by atoms with Crippen molar-refractivity contribution in [1.29, 1.82) is 0 Å². The van der Waals surface area contributed by atoms with Crippen molar-refractivity contribution >= 4 is 21.7 Å². The van der Waals surface area contributed by atoms with E-state index >= 15 is 0 Å². The Hall–Kier alpha value is -1.81. The number of sulfonamides is 1. The van der Waals surface area contributed by atoms with Gasteiger partial charge in [-0.15, -0.1) is 0 Å². The summed E-state index contributed by atoms with van der Waals surface area (Å²) in [6.07, 6.45) is 0. The lowest BCUT2D eigenvalue weighted by molar-refractivity contribution is -0.0448. The molecular formula is C12H15F3N2O4S. The molecule has 0 unspecified atom stereocenters. The van der Waals surface area contributed by atoms with Crippen LogP contribution in [0.2, 0.25) is 0 Å². The fourth-order valence-corrected chi connectivity index (χ4v) is 1.82. The summed E-state index contributed by atoms with van der Waals surface area (Å²) in [4.78, 5) is 13.4. The number of ether oxygens (including phenoxy) is 1. The Morgan fingerprint density at radius 3 is 2.50 bits per heavy atom. The van der Waals surface area contributed by atoms with Crippen LogP contribution in [0.25, 0.3) is 0 Å². The monoisotopic (exact) mass is 342 g/mol. The van der Waals surface area contributed by atoms with Crippen LogP contribution >= 0.6 is 0 Å². The number of anilines is 1. The fraction of sp³-hybridized carbons (Fsp3) is 0.417. The van der Waals surface area contributed by atoms with Crippen molar-refractivity contribution in [3.05, 3.63) is 29.8 Å². The van der Waals surface area contributed by atoms with E-state index < -0.39 is 34.7 Å². The van der Waals surface area contributed by atoms with Crippen molar-refractivity contribution in [2.75, 3.05) is 32.1 Å². The highest BCUT2D eigenvalue weighted by molar-refractivity contribution is 7.90. The molecule has 0 aliphatic heterocycles. The minimum absolute atomic E-state index is 0.0410. The highest BCUT2D eigenvalue weighted by Crippen LogP contribution is 2.21. The molecule has 0 bridgehead atoms. The van der Waals surface area contributed by atoms with Crippen LogP contribution in [-0.2, 0) is 14.8 Å². The van der Waals surface area contributed by atoms with E-state index in [9.17, 15) is 26.4 Å². The van der Waals surface area contributed by atoms with Crippen molar-refractivity contribution in [2.45, 2.75) is 5.51 Å². The molecule has 0 atom stereocenters. The first-order valence-electron chi connectivity index (χ1n) is 6.47. The summed E-state index contributed by atoms with van der Waals surface area (Å²) in [7, 11) is -2.02. The summed E-state index contributed by atoms with van der Waals surface area (Å²) in [5.74, 6) is -0.866. The first kappa shape index (κ1) is 16.6. The Labute approximate surface area is 127 Å². The van der Waals surface area contributed by atoms with E-state index in [-0.39, 0.29) is 11.6 Å². The number of carbonyl (C=O) groups is 1. The van der Waals surface area contributed by atoms with Gasteiger partial charge in [-0.2, -0.15) is 13.2 Å². The zero-order valence-corrected chi connectivity index (χ0v) is 12.6. The predicted molar refractivity (Wildman–Crippen MR) is 74.0 cm³/mol. The van der Waals surface area contributed by atoms with Crippen LogP contribution in [0.1, 0.15) is 11.7 Å². The molecule has 0 aliphatic carbocycles. The van der Waals surface area contributed by atoms with Gasteiger partial charge in [-0.3, -0.25) is 0 Å². The minimum atomic E-state index is -5.46. The van der Waals surface area contributed by atoms with E-state index in [0.29, 0.717) is 5.69 Å². The topological polar surface area (TPSA) is 75.7 Å². The maximum absolute atomic E-state index is 12.0. The lowest BCUT2D eigenvalue weighted by Gasteiger charge is -2.12. The molecule has 10 heteroatoms. The second kappa shape index (κ2) is 6.97. The van der Waals surface area contributed by atoms with Gasteiger partial charge in [-0.05, 0) is 24.2 Å². The lowest BCUT2D eigenvalue weighted by atomic mass is 10.2. The highest BCUT2D eigenvalue weighted by atomic mass is 32.2. The van der Waals surface area contributed by atoms with Gasteiger partial charge in [0.2, 0.25) is 0 Å². The Morgan fingerprint density at radius 2 is 2.00 bits per heavy atom. The largest absolute Gasteiger partial charge is 0.511 e. The molecule has 1 N–H and O–H groups in total. The van der Waals surface area contributed by atoms with Crippen LogP contribution in [-0.4, -0.2) is 47.1 Å². The molecule has 0 fully saturated rings. The van der Waals surface area contributed by atoms with Crippen molar-refractivity contribution in [3.8, 4) is 0 Å². The number of nitrogens with zero attached hydrogens (tertiary/aromatic N) is 1. The third kappa shape index (κ3) is 4.88. The molecule has 124 valence electrons. The van der Waals surface area contributed by atoms with Crippen LogP contribution in [0.4, 0.5) is 18.9 Å². The van der Waals surface area contributed by atoms with E-state index in [2.05, 4.69) is 4.74 Å². The number of hydrogen-bond acceptors (Lipinski definition) is 5. The quantitative estimate of drug-likeness (QED) is 0.624. The first-order valence-corrected chi connectivity index (χ1v) is 7.45. The van der Waals surface area contributed by atoms with E-state index in [1.54, 1.807) is 19.0 Å². The molecular weight excluding hydrogens is 325 g/mol. The Morgan fingerprint density at radius 1 is 1.36 bits per heavy atom. The summed E-state index contributed by atoms with van der Waals surface area (Å²) in [5.41, 5.74) is -4.81.